The summed E-state index contributed by atoms with van der Waals surface area (Å²) in [6, 6.07) is 0.842. The van der Waals surface area contributed by atoms with Crippen molar-refractivity contribution < 1.29 is 15.4 Å². The van der Waals surface area contributed by atoms with Gasteiger partial charge in [-0.25, -0.2) is 0 Å². The maximum atomic E-state index is 10.5. The van der Waals surface area contributed by atoms with Crippen LogP contribution in [0.15, 0.2) is 17.1 Å². The van der Waals surface area contributed by atoms with Gasteiger partial charge in [0.05, 0.1) is 6.20 Å². The fraction of sp³-hybridized carbons (Fsp3) is 0. The zero-order valence-electron chi connectivity index (χ0n) is 4.85. The van der Waals surface area contributed by atoms with Crippen molar-refractivity contribution in [1.29, 1.82) is 0 Å². The normalized spacial score (nSPS) is 9.60. The highest BCUT2D eigenvalue weighted by Gasteiger charge is 2.01. The Kier molecular flexibility index (Phi) is 1.26. The smallest absolute Gasteiger partial charge is 0.325 e. The van der Waals surface area contributed by atoms with E-state index in [9.17, 15) is 4.79 Å². The molecule has 0 aliphatic carbocycles. The summed E-state index contributed by atoms with van der Waals surface area (Å²) in [6.07, 6.45) is 0.780. The van der Waals surface area contributed by atoms with Crippen molar-refractivity contribution >= 4 is 0 Å². The number of aromatic hydroxyl groups is 2. The third-order valence-corrected chi connectivity index (χ3v) is 0.966. The van der Waals surface area contributed by atoms with Gasteiger partial charge in [-0.1, -0.05) is 0 Å². The lowest BCUT2D eigenvalue weighted by Crippen LogP contribution is -2.15. The van der Waals surface area contributed by atoms with Crippen molar-refractivity contribution in [2.75, 3.05) is 0 Å². The van der Waals surface area contributed by atoms with E-state index in [4.69, 9.17) is 15.4 Å². The number of pyridine rings is 1. The predicted molar refractivity (Wildman–Crippen MR) is 31.2 cm³/mol. The minimum absolute atomic E-state index is 0.102. The van der Waals surface area contributed by atoms with Crippen LogP contribution in [0.4, 0.5) is 0 Å². The summed E-state index contributed by atoms with van der Waals surface area (Å²) in [4.78, 5) is 10.5. The molecule has 0 unspecified atom stereocenters. The van der Waals surface area contributed by atoms with E-state index in [2.05, 4.69) is 0 Å². The van der Waals surface area contributed by atoms with Crippen molar-refractivity contribution in [2.45, 2.75) is 0 Å². The largest absolute Gasteiger partial charge is 0.506 e. The second-order valence-corrected chi connectivity index (χ2v) is 1.73. The molecule has 0 fully saturated rings. The van der Waals surface area contributed by atoms with E-state index in [0.29, 0.717) is 0 Å². The number of hydrogen-bond acceptors (Lipinski definition) is 4. The average molecular weight is 143 g/mol. The zero-order chi connectivity index (χ0) is 7.72. The summed E-state index contributed by atoms with van der Waals surface area (Å²) in [5.74, 6) is -1.07. The van der Waals surface area contributed by atoms with Gasteiger partial charge >= 0.3 is 5.56 Å². The highest BCUT2D eigenvalue weighted by molar-refractivity contribution is 5.25. The molecule has 1 aromatic heterocycles. The van der Waals surface area contributed by atoms with E-state index >= 15 is 0 Å². The zero-order valence-corrected chi connectivity index (χ0v) is 4.85. The van der Waals surface area contributed by atoms with Crippen LogP contribution < -0.4 is 5.56 Å². The van der Waals surface area contributed by atoms with Crippen LogP contribution in [0, 0.1) is 0 Å². The van der Waals surface area contributed by atoms with E-state index in [1.807, 2.05) is 0 Å². The van der Waals surface area contributed by atoms with Crippen LogP contribution in [0.25, 0.3) is 0 Å². The summed E-state index contributed by atoms with van der Waals surface area (Å²) in [7, 11) is 0. The fourth-order valence-corrected chi connectivity index (χ4v) is 0.540. The van der Waals surface area contributed by atoms with Crippen LogP contribution in [0.1, 0.15) is 0 Å². The van der Waals surface area contributed by atoms with E-state index in [1.165, 1.54) is 0 Å². The highest BCUT2D eigenvalue weighted by atomic mass is 16.5. The van der Waals surface area contributed by atoms with Gasteiger partial charge in [-0.15, -0.1) is 4.73 Å². The molecule has 0 aromatic carbocycles. The Morgan fingerprint density at radius 3 is 2.50 bits per heavy atom. The third kappa shape index (κ3) is 0.883. The molecule has 54 valence electrons. The molecule has 0 spiro atoms. The molecule has 0 saturated carbocycles. The lowest BCUT2D eigenvalue weighted by atomic mass is 10.4. The maximum Gasteiger partial charge on any atom is 0.325 e. The molecule has 0 atom stereocenters. The molecule has 0 amide bonds. The Bertz CT molecular complexity index is 277. The second-order valence-electron chi connectivity index (χ2n) is 1.73. The van der Waals surface area contributed by atoms with Gasteiger partial charge in [0.2, 0.25) is 0 Å². The van der Waals surface area contributed by atoms with Crippen molar-refractivity contribution in [1.82, 2.24) is 4.73 Å². The lowest BCUT2D eigenvalue weighted by Gasteiger charge is -1.96. The van der Waals surface area contributed by atoms with E-state index in [-0.39, 0.29) is 10.5 Å². The topological polar surface area (TPSA) is 82.7 Å². The molecule has 1 rings (SSSR count). The molecule has 0 radical (unpaired) electrons. The third-order valence-electron chi connectivity index (χ3n) is 0.966. The number of aromatic nitrogens is 1. The number of hydrogen-bond donors (Lipinski definition) is 3. The average Bonchev–Trinajstić information content (AvgIpc) is 1.82. The Morgan fingerprint density at radius 2 is 2.00 bits per heavy atom. The number of nitrogens with zero attached hydrogens (tertiary/aromatic N) is 1. The SMILES string of the molecule is O=c1c(O)cc(O)cn1O. The van der Waals surface area contributed by atoms with Crippen molar-refractivity contribution in [2.24, 2.45) is 0 Å². The van der Waals surface area contributed by atoms with Crippen LogP contribution in [0.3, 0.4) is 0 Å². The second kappa shape index (κ2) is 1.94. The molecule has 0 aliphatic rings. The van der Waals surface area contributed by atoms with Gasteiger partial charge in [0, 0.05) is 6.07 Å². The van der Waals surface area contributed by atoms with E-state index in [1.54, 1.807) is 0 Å². The number of rotatable bonds is 0. The van der Waals surface area contributed by atoms with Crippen molar-refractivity contribution in [3.63, 3.8) is 0 Å². The summed E-state index contributed by atoms with van der Waals surface area (Å²) in [6.45, 7) is 0. The molecule has 0 aliphatic heterocycles. The lowest BCUT2D eigenvalue weighted by molar-refractivity contribution is 0.167. The minimum Gasteiger partial charge on any atom is -0.506 e. The van der Waals surface area contributed by atoms with Gasteiger partial charge in [-0.3, -0.25) is 4.79 Å². The molecule has 0 saturated heterocycles. The standard InChI is InChI=1S/C5H5NO4/c7-3-1-4(8)5(9)6(10)2-3/h1-2,7-8,10H. The molecule has 10 heavy (non-hydrogen) atoms. The van der Waals surface area contributed by atoms with Gasteiger partial charge in [-0.2, -0.15) is 0 Å². The minimum atomic E-state index is -0.960. The van der Waals surface area contributed by atoms with Crippen LogP contribution in [0.5, 0.6) is 11.5 Å². The van der Waals surface area contributed by atoms with Gasteiger partial charge < -0.3 is 15.4 Å². The molecule has 0 bridgehead atoms. The molecular formula is C5H5NO4. The molecule has 5 heteroatoms. The summed E-state index contributed by atoms with van der Waals surface area (Å²) in [5.41, 5.74) is -0.960. The molecular weight excluding hydrogens is 138 g/mol. The van der Waals surface area contributed by atoms with Gasteiger partial charge in [0.25, 0.3) is 0 Å². The molecule has 3 N–H and O–H groups in total. The molecule has 5 nitrogen and oxygen atoms in total. The molecule has 1 heterocycles. The van der Waals surface area contributed by atoms with E-state index < -0.39 is 11.3 Å². The summed E-state index contributed by atoms with van der Waals surface area (Å²) >= 11 is 0. The Morgan fingerprint density at radius 1 is 1.40 bits per heavy atom. The summed E-state index contributed by atoms with van der Waals surface area (Å²) < 4.78 is 0.102. The first-order valence-electron chi connectivity index (χ1n) is 2.45. The Balaban J connectivity index is 3.46. The van der Waals surface area contributed by atoms with Crippen LogP contribution in [-0.4, -0.2) is 20.2 Å². The van der Waals surface area contributed by atoms with Crippen LogP contribution >= 0.6 is 0 Å². The molecule has 1 aromatic rings. The fourth-order valence-electron chi connectivity index (χ4n) is 0.540. The Hall–Kier alpha value is -1.65. The predicted octanol–water partition coefficient (Wildman–Crippen LogP) is -0.503. The van der Waals surface area contributed by atoms with Crippen molar-refractivity contribution in [3.05, 3.63) is 22.6 Å². The summed E-state index contributed by atoms with van der Waals surface area (Å²) in [5, 5.41) is 25.8. The monoisotopic (exact) mass is 143 g/mol. The van der Waals surface area contributed by atoms with E-state index in [0.717, 1.165) is 12.3 Å². The first-order valence-corrected chi connectivity index (χ1v) is 2.45. The highest BCUT2D eigenvalue weighted by Crippen LogP contribution is 2.09. The first-order chi connectivity index (χ1) is 4.61. The van der Waals surface area contributed by atoms with Gasteiger partial charge in [-0.05, 0) is 0 Å². The van der Waals surface area contributed by atoms with Crippen LogP contribution in [-0.2, 0) is 0 Å². The first kappa shape index (κ1) is 6.47. The maximum absolute atomic E-state index is 10.5. The van der Waals surface area contributed by atoms with Gasteiger partial charge in [0.15, 0.2) is 5.75 Å². The van der Waals surface area contributed by atoms with Crippen molar-refractivity contribution in [3.8, 4) is 11.5 Å². The van der Waals surface area contributed by atoms with Gasteiger partial charge in [0.1, 0.15) is 5.75 Å². The van der Waals surface area contributed by atoms with Crippen LogP contribution in [0.2, 0.25) is 0 Å². The Labute approximate surface area is 55.4 Å². The quantitative estimate of drug-likeness (QED) is 0.427.